The van der Waals surface area contributed by atoms with Gasteiger partial charge in [-0.05, 0) is 42.7 Å². The summed E-state index contributed by atoms with van der Waals surface area (Å²) < 4.78 is 10.7. The number of hydrogen-bond acceptors (Lipinski definition) is 6. The molecule has 1 aromatic heterocycles. The Hall–Kier alpha value is -4.13. The predicted octanol–water partition coefficient (Wildman–Crippen LogP) is 4.07. The van der Waals surface area contributed by atoms with Crippen LogP contribution in [-0.4, -0.2) is 47.4 Å². The van der Waals surface area contributed by atoms with Crippen molar-refractivity contribution in [2.45, 2.75) is 19.4 Å². The van der Waals surface area contributed by atoms with E-state index in [2.05, 4.69) is 4.98 Å². The Kier molecular flexibility index (Phi) is 6.63. The molecule has 1 aliphatic heterocycles. The van der Waals surface area contributed by atoms with Gasteiger partial charge in [-0.15, -0.1) is 0 Å². The first kappa shape index (κ1) is 23.0. The van der Waals surface area contributed by atoms with E-state index in [1.807, 2.05) is 31.2 Å². The van der Waals surface area contributed by atoms with Crippen LogP contribution < -0.4 is 9.47 Å². The monoisotopic (exact) mass is 458 g/mol. The van der Waals surface area contributed by atoms with Gasteiger partial charge in [0.05, 0.1) is 25.8 Å². The van der Waals surface area contributed by atoms with Crippen LogP contribution in [0.2, 0.25) is 0 Å². The van der Waals surface area contributed by atoms with Gasteiger partial charge in [-0.2, -0.15) is 0 Å². The van der Waals surface area contributed by atoms with E-state index in [1.165, 1.54) is 4.90 Å². The molecule has 2 heterocycles. The Labute approximate surface area is 198 Å². The number of likely N-dealkylation sites (tertiary alicyclic amines) is 1. The maximum Gasteiger partial charge on any atom is 0.295 e. The topological polar surface area (TPSA) is 89.0 Å². The summed E-state index contributed by atoms with van der Waals surface area (Å²) in [5.41, 5.74) is 3.15. The molecule has 2 aromatic carbocycles. The maximum absolute atomic E-state index is 13.1. The number of ether oxygens (including phenoxy) is 2. The highest BCUT2D eigenvalue weighted by Gasteiger charge is 2.45. The number of rotatable bonds is 7. The molecule has 7 heteroatoms. The van der Waals surface area contributed by atoms with E-state index in [9.17, 15) is 14.7 Å². The second-order valence-electron chi connectivity index (χ2n) is 8.08. The number of aromatic nitrogens is 1. The lowest BCUT2D eigenvalue weighted by Crippen LogP contribution is -2.31. The number of benzene rings is 2. The average molecular weight is 459 g/mol. The van der Waals surface area contributed by atoms with Crippen LogP contribution >= 0.6 is 0 Å². The number of aliphatic hydroxyl groups excluding tert-OH is 1. The molecule has 0 saturated carbocycles. The number of aliphatic hydroxyl groups is 1. The number of aryl methyl sites for hydroxylation is 1. The molecule has 1 saturated heterocycles. The lowest BCUT2D eigenvalue weighted by Gasteiger charge is -2.25. The normalized spacial score (nSPS) is 17.1. The van der Waals surface area contributed by atoms with Gasteiger partial charge < -0.3 is 19.5 Å². The van der Waals surface area contributed by atoms with Crippen LogP contribution in [0.15, 0.2) is 72.6 Å². The molecule has 1 unspecified atom stereocenters. The van der Waals surface area contributed by atoms with Gasteiger partial charge in [-0.25, -0.2) is 0 Å². The van der Waals surface area contributed by atoms with Crippen LogP contribution in [0.25, 0.3) is 5.76 Å². The van der Waals surface area contributed by atoms with Gasteiger partial charge in [0.2, 0.25) is 0 Å². The molecule has 7 nitrogen and oxygen atoms in total. The van der Waals surface area contributed by atoms with Crippen molar-refractivity contribution in [2.24, 2.45) is 0 Å². The summed E-state index contributed by atoms with van der Waals surface area (Å²) in [5, 5.41) is 11.1. The second-order valence-corrected chi connectivity index (χ2v) is 8.08. The molecule has 174 valence electrons. The van der Waals surface area contributed by atoms with Gasteiger partial charge in [-0.1, -0.05) is 42.0 Å². The summed E-state index contributed by atoms with van der Waals surface area (Å²) in [7, 11) is 3.13. The quantitative estimate of drug-likeness (QED) is 0.326. The zero-order chi connectivity index (χ0) is 24.2. The van der Waals surface area contributed by atoms with Crippen molar-refractivity contribution in [2.75, 3.05) is 20.8 Å². The lowest BCUT2D eigenvalue weighted by atomic mass is 9.96. The van der Waals surface area contributed by atoms with Crippen molar-refractivity contribution in [3.63, 3.8) is 0 Å². The van der Waals surface area contributed by atoms with E-state index in [0.717, 1.165) is 11.1 Å². The fourth-order valence-electron chi connectivity index (χ4n) is 4.15. The number of amides is 1. The van der Waals surface area contributed by atoms with Gasteiger partial charge in [0.15, 0.2) is 11.5 Å². The van der Waals surface area contributed by atoms with Crippen molar-refractivity contribution in [1.82, 2.24) is 9.88 Å². The van der Waals surface area contributed by atoms with Crippen LogP contribution in [0.3, 0.4) is 0 Å². The van der Waals surface area contributed by atoms with Gasteiger partial charge >= 0.3 is 0 Å². The summed E-state index contributed by atoms with van der Waals surface area (Å²) in [6.07, 6.45) is 3.72. The van der Waals surface area contributed by atoms with Crippen LogP contribution in [0.4, 0.5) is 0 Å². The number of Topliss-reactive ketones (excluding diaryl/α,β-unsaturated/α-hetero) is 1. The van der Waals surface area contributed by atoms with Crippen molar-refractivity contribution in [1.29, 1.82) is 0 Å². The molecule has 0 radical (unpaired) electrons. The summed E-state index contributed by atoms with van der Waals surface area (Å²) in [4.78, 5) is 31.9. The fraction of sp³-hybridized carbons (Fsp3) is 0.222. The number of carbonyl (C=O) groups excluding carboxylic acids is 2. The molecule has 1 atom stereocenters. The highest BCUT2D eigenvalue weighted by molar-refractivity contribution is 6.46. The SMILES string of the molecule is COc1ccc(CCN2C(=O)C(=O)C(=C(O)c3ccc(C)cc3)C2c2cccnc2)cc1OC. The van der Waals surface area contributed by atoms with E-state index in [1.54, 1.807) is 56.9 Å². The third-order valence-corrected chi connectivity index (χ3v) is 5.95. The molecular weight excluding hydrogens is 432 g/mol. The van der Waals surface area contributed by atoms with E-state index in [-0.39, 0.29) is 17.9 Å². The molecule has 34 heavy (non-hydrogen) atoms. The van der Waals surface area contributed by atoms with Crippen LogP contribution in [0.5, 0.6) is 11.5 Å². The van der Waals surface area contributed by atoms with Gasteiger partial charge in [0.25, 0.3) is 11.7 Å². The first-order chi connectivity index (χ1) is 16.4. The molecule has 4 rings (SSSR count). The molecular formula is C27H26N2O5. The molecule has 0 bridgehead atoms. The Morgan fingerprint density at radius 2 is 1.76 bits per heavy atom. The number of carbonyl (C=O) groups is 2. The average Bonchev–Trinajstić information content (AvgIpc) is 3.12. The van der Waals surface area contributed by atoms with E-state index < -0.39 is 17.7 Å². The minimum absolute atomic E-state index is 0.0640. The number of methoxy groups -OCH3 is 2. The van der Waals surface area contributed by atoms with Crippen molar-refractivity contribution < 1.29 is 24.2 Å². The highest BCUT2D eigenvalue weighted by atomic mass is 16.5. The van der Waals surface area contributed by atoms with Crippen LogP contribution in [0, 0.1) is 6.92 Å². The van der Waals surface area contributed by atoms with Crippen molar-refractivity contribution in [3.8, 4) is 11.5 Å². The molecule has 0 spiro atoms. The minimum Gasteiger partial charge on any atom is -0.507 e. The van der Waals surface area contributed by atoms with Crippen molar-refractivity contribution >= 4 is 17.4 Å². The van der Waals surface area contributed by atoms with Crippen LogP contribution in [0.1, 0.15) is 28.3 Å². The Balaban J connectivity index is 1.72. The van der Waals surface area contributed by atoms with E-state index >= 15 is 0 Å². The third-order valence-electron chi connectivity index (χ3n) is 5.95. The number of ketones is 1. The Bertz CT molecular complexity index is 1240. The lowest BCUT2D eigenvalue weighted by molar-refractivity contribution is -0.139. The van der Waals surface area contributed by atoms with Gasteiger partial charge in [0.1, 0.15) is 5.76 Å². The molecule has 1 aliphatic rings. The Morgan fingerprint density at radius 1 is 1.03 bits per heavy atom. The summed E-state index contributed by atoms with van der Waals surface area (Å²) in [6.45, 7) is 2.21. The van der Waals surface area contributed by atoms with E-state index in [0.29, 0.717) is 29.0 Å². The molecule has 1 N–H and O–H groups in total. The Morgan fingerprint density at radius 3 is 2.41 bits per heavy atom. The summed E-state index contributed by atoms with van der Waals surface area (Å²) >= 11 is 0. The zero-order valence-electron chi connectivity index (χ0n) is 19.3. The first-order valence-electron chi connectivity index (χ1n) is 10.9. The highest BCUT2D eigenvalue weighted by Crippen LogP contribution is 2.39. The molecule has 0 aliphatic carbocycles. The van der Waals surface area contributed by atoms with Crippen molar-refractivity contribution in [3.05, 3.63) is 94.8 Å². The number of nitrogens with zero attached hydrogens (tertiary/aromatic N) is 2. The smallest absolute Gasteiger partial charge is 0.295 e. The second kappa shape index (κ2) is 9.79. The third kappa shape index (κ3) is 4.37. The number of hydrogen-bond donors (Lipinski definition) is 1. The minimum atomic E-state index is -0.741. The maximum atomic E-state index is 13.1. The molecule has 1 fully saturated rings. The summed E-state index contributed by atoms with van der Waals surface area (Å²) in [6, 6.07) is 15.5. The molecule has 1 amide bonds. The fourth-order valence-corrected chi connectivity index (χ4v) is 4.15. The zero-order valence-corrected chi connectivity index (χ0v) is 19.3. The summed E-state index contributed by atoms with van der Waals surface area (Å²) in [5.74, 6) is -0.353. The van der Waals surface area contributed by atoms with Gasteiger partial charge in [-0.3, -0.25) is 14.6 Å². The predicted molar refractivity (Wildman–Crippen MR) is 128 cm³/mol. The standard InChI is InChI=1S/C27H26N2O5/c1-17-6-9-19(10-7-17)25(30)23-24(20-5-4-13-28-16-20)29(27(32)26(23)31)14-12-18-8-11-21(33-2)22(15-18)34-3/h4-11,13,15-16,24,30H,12,14H2,1-3H3. The van der Waals surface area contributed by atoms with Crippen LogP contribution in [-0.2, 0) is 16.0 Å². The largest absolute Gasteiger partial charge is 0.507 e. The van der Waals surface area contributed by atoms with Gasteiger partial charge in [0, 0.05) is 24.5 Å². The van der Waals surface area contributed by atoms with E-state index in [4.69, 9.17) is 9.47 Å². The number of pyridine rings is 1. The molecule has 3 aromatic rings. The first-order valence-corrected chi connectivity index (χ1v) is 10.9.